The molecule has 0 saturated carbocycles. The Balaban J connectivity index is 0.000000450. The van der Waals surface area contributed by atoms with Crippen molar-refractivity contribution in [3.05, 3.63) is 81.1 Å². The van der Waals surface area contributed by atoms with E-state index in [0.717, 1.165) is 23.5 Å². The number of fused-ring (bicyclic) bond motifs is 4. The smallest absolute Gasteiger partial charge is 0.197 e. The zero-order chi connectivity index (χ0) is 27.3. The second kappa shape index (κ2) is 13.4. The van der Waals surface area contributed by atoms with Gasteiger partial charge in [0.1, 0.15) is 9.84 Å². The Labute approximate surface area is 239 Å². The summed E-state index contributed by atoms with van der Waals surface area (Å²) in [5.41, 5.74) is 2.82. The molecule has 0 bridgehead atoms. The van der Waals surface area contributed by atoms with E-state index in [4.69, 9.17) is 13.0 Å². The van der Waals surface area contributed by atoms with E-state index in [1.165, 1.54) is 0 Å². The molecule has 3 aromatic carbocycles. The van der Waals surface area contributed by atoms with Crippen LogP contribution in [0.25, 0.3) is 43.6 Å². The molecule has 5 rings (SSSR count). The van der Waals surface area contributed by atoms with Gasteiger partial charge >= 0.3 is 0 Å². The van der Waals surface area contributed by atoms with Crippen molar-refractivity contribution in [2.24, 2.45) is 0 Å². The maximum absolute atomic E-state index is 12.8. The number of benzene rings is 3. The summed E-state index contributed by atoms with van der Waals surface area (Å²) < 4.78 is 46.5. The fraction of sp³-hybridized carbons (Fsp3) is 0.200. The summed E-state index contributed by atoms with van der Waals surface area (Å²) in [7, 11) is -6.58. The zero-order valence-corrected chi connectivity index (χ0v) is 25.5. The summed E-state index contributed by atoms with van der Waals surface area (Å²) in [6.07, 6.45) is 2.92. The van der Waals surface area contributed by atoms with Crippen LogP contribution in [-0.4, -0.2) is 50.1 Å². The van der Waals surface area contributed by atoms with Gasteiger partial charge in [0.25, 0.3) is 0 Å². The first-order chi connectivity index (χ1) is 16.7. The summed E-state index contributed by atoms with van der Waals surface area (Å²) in [5, 5.41) is 2.44. The second-order valence-corrected chi connectivity index (χ2v) is 11.5. The van der Waals surface area contributed by atoms with Gasteiger partial charge in [-0.25, -0.2) is 16.8 Å². The van der Waals surface area contributed by atoms with Crippen LogP contribution in [0.5, 0.6) is 0 Å². The Kier molecular flexibility index (Phi) is 11.8. The molecule has 1 radical (unpaired) electrons. The van der Waals surface area contributed by atoms with Crippen molar-refractivity contribution >= 4 is 63.6 Å². The third-order valence-corrected chi connectivity index (χ3v) is 4.53. The van der Waals surface area contributed by atoms with Crippen LogP contribution in [0.2, 0.25) is 0 Å². The number of nitrogens with one attached hydrogen (secondary N) is 2. The number of rotatable bonds is 0. The topological polar surface area (TPSA) is 157 Å². The van der Waals surface area contributed by atoms with Crippen LogP contribution in [0, 0.1) is 0 Å². The molecule has 0 saturated heterocycles. The van der Waals surface area contributed by atoms with E-state index in [0.29, 0.717) is 38.8 Å². The first-order valence-corrected chi connectivity index (χ1v) is 14.9. The average Bonchev–Trinajstić information content (AvgIpc) is 2.78. The standard InChI is InChI=1S/C20H12N2O2.C2H6O2S.C2H6.CH4O3S.Y/c23-19-11-5-1-3-7-15(11)21-17-10-14-18(9-13(17)19)22-16-8-4-2-6-12(16)20(14)24;1-5(2,3)4;1-2;1-5(2,3)4;/h1-10H,(H,21,23)(H,22,24);1-2H3;1-2H3;1H3,(H,2,3,4);/p-1. The minimum atomic E-state index is -3.92. The Morgan fingerprint density at radius 2 is 0.865 bits per heavy atom. The molecule has 9 nitrogen and oxygen atoms in total. The van der Waals surface area contributed by atoms with Crippen molar-refractivity contribution in [1.82, 2.24) is 9.97 Å². The minimum Gasteiger partial charge on any atom is -0.748 e. The Morgan fingerprint density at radius 1 is 0.595 bits per heavy atom. The molecule has 12 heteroatoms. The number of H-pyrrole nitrogens is 2. The minimum absolute atomic E-state index is 0. The molecular formula is C25H27N2O7S2Y-. The number of aromatic nitrogens is 2. The van der Waals surface area contributed by atoms with E-state index in [-0.39, 0.29) is 43.6 Å². The third kappa shape index (κ3) is 9.43. The number of hydrogen-bond donors (Lipinski definition) is 2. The second-order valence-electron chi connectivity index (χ2n) is 7.79. The molecule has 0 unspecified atom stereocenters. The summed E-state index contributed by atoms with van der Waals surface area (Å²) in [4.78, 5) is 32.1. The molecule has 0 amide bonds. The van der Waals surface area contributed by atoms with Crippen molar-refractivity contribution in [2.75, 3.05) is 18.8 Å². The van der Waals surface area contributed by atoms with Crippen molar-refractivity contribution < 1.29 is 54.1 Å². The van der Waals surface area contributed by atoms with Gasteiger partial charge in [0.2, 0.25) is 0 Å². The number of para-hydroxylation sites is 2. The number of hydrogen-bond acceptors (Lipinski definition) is 7. The monoisotopic (exact) mass is 620 g/mol. The molecule has 195 valence electrons. The molecule has 0 spiro atoms. The van der Waals surface area contributed by atoms with Crippen LogP contribution in [-0.2, 0) is 52.7 Å². The molecule has 0 aliphatic heterocycles. The predicted molar refractivity (Wildman–Crippen MR) is 145 cm³/mol. The van der Waals surface area contributed by atoms with Crippen molar-refractivity contribution in [3.63, 3.8) is 0 Å². The number of sulfone groups is 1. The van der Waals surface area contributed by atoms with Crippen LogP contribution in [0.15, 0.2) is 70.3 Å². The van der Waals surface area contributed by atoms with Crippen LogP contribution in [0.4, 0.5) is 0 Å². The number of aromatic amines is 2. The summed E-state index contributed by atoms with van der Waals surface area (Å²) in [6, 6.07) is 18.3. The van der Waals surface area contributed by atoms with Gasteiger partial charge in [-0.05, 0) is 36.4 Å². The fourth-order valence-corrected chi connectivity index (χ4v) is 3.34. The van der Waals surface area contributed by atoms with E-state index in [1.807, 2.05) is 50.2 Å². The maximum atomic E-state index is 12.8. The van der Waals surface area contributed by atoms with Gasteiger partial charge in [-0.15, -0.1) is 0 Å². The molecule has 0 aliphatic rings. The van der Waals surface area contributed by atoms with Gasteiger partial charge < -0.3 is 14.5 Å². The van der Waals surface area contributed by atoms with E-state index in [1.54, 1.807) is 24.3 Å². The van der Waals surface area contributed by atoms with Gasteiger partial charge in [0.15, 0.2) is 10.9 Å². The Morgan fingerprint density at radius 3 is 1.16 bits per heavy atom. The van der Waals surface area contributed by atoms with E-state index < -0.39 is 20.0 Å². The van der Waals surface area contributed by atoms with E-state index >= 15 is 0 Å². The molecular weight excluding hydrogens is 593 g/mol. The predicted octanol–water partition coefficient (Wildman–Crippen LogP) is 3.52. The Hall–Kier alpha value is -2.44. The summed E-state index contributed by atoms with van der Waals surface area (Å²) in [6.45, 7) is 4.00. The largest absolute Gasteiger partial charge is 0.748 e. The van der Waals surface area contributed by atoms with Gasteiger partial charge in [-0.2, -0.15) is 0 Å². The first kappa shape index (κ1) is 32.6. The van der Waals surface area contributed by atoms with Crippen LogP contribution >= 0.6 is 0 Å². The molecule has 2 aromatic heterocycles. The molecule has 2 heterocycles. The quantitative estimate of drug-likeness (QED) is 0.198. The molecule has 0 fully saturated rings. The van der Waals surface area contributed by atoms with E-state index in [9.17, 15) is 18.0 Å². The molecule has 0 atom stereocenters. The summed E-state index contributed by atoms with van der Waals surface area (Å²) >= 11 is 0. The third-order valence-electron chi connectivity index (χ3n) is 4.53. The van der Waals surface area contributed by atoms with Crippen molar-refractivity contribution in [1.29, 1.82) is 0 Å². The van der Waals surface area contributed by atoms with Gasteiger partial charge in [0.05, 0.1) is 21.2 Å². The van der Waals surface area contributed by atoms with Gasteiger partial charge in [-0.1, -0.05) is 38.1 Å². The van der Waals surface area contributed by atoms with Crippen LogP contribution < -0.4 is 10.9 Å². The average molecular weight is 621 g/mol. The molecule has 0 aliphatic carbocycles. The fourth-order valence-electron chi connectivity index (χ4n) is 3.34. The van der Waals surface area contributed by atoms with Crippen LogP contribution in [0.3, 0.4) is 0 Å². The van der Waals surface area contributed by atoms with Crippen LogP contribution in [0.1, 0.15) is 13.8 Å². The van der Waals surface area contributed by atoms with Crippen molar-refractivity contribution in [3.8, 4) is 0 Å². The first-order valence-electron chi connectivity index (χ1n) is 10.8. The van der Waals surface area contributed by atoms with Crippen molar-refractivity contribution in [2.45, 2.75) is 13.8 Å². The van der Waals surface area contributed by atoms with Gasteiger partial charge in [0, 0.05) is 84.1 Å². The molecule has 2 N–H and O–H groups in total. The maximum Gasteiger partial charge on any atom is 0.197 e. The number of pyridine rings is 2. The van der Waals surface area contributed by atoms with Gasteiger partial charge in [-0.3, -0.25) is 9.59 Å². The summed E-state index contributed by atoms with van der Waals surface area (Å²) in [5.74, 6) is 0. The van der Waals surface area contributed by atoms with E-state index in [2.05, 4.69) is 9.97 Å². The SMILES string of the molecule is CC.CS(=O)(=O)[O-].CS(C)(=O)=O.O=c1c2ccccc2[nH]c2cc3c(=O)c4ccccc4[nH]c3cc12.[Y]. The Bertz CT molecular complexity index is 1720. The molecule has 5 aromatic rings. The normalized spacial score (nSPS) is 10.9. The zero-order valence-electron chi connectivity index (χ0n) is 21.0. The molecule has 37 heavy (non-hydrogen) atoms.